The van der Waals surface area contributed by atoms with Crippen molar-refractivity contribution in [2.24, 2.45) is 5.73 Å². The van der Waals surface area contributed by atoms with Gasteiger partial charge in [0.2, 0.25) is 0 Å². The molecular weight excluding hydrogens is 347 g/mol. The number of imidazole rings is 1. The van der Waals surface area contributed by atoms with E-state index in [1.807, 2.05) is 13.0 Å². The minimum absolute atomic E-state index is 0.320. The molecule has 0 saturated heterocycles. The molecule has 0 radical (unpaired) electrons. The first-order chi connectivity index (χ1) is 12.2. The zero-order valence-corrected chi connectivity index (χ0v) is 13.6. The van der Waals surface area contributed by atoms with Crippen molar-refractivity contribution >= 4 is 11.7 Å². The van der Waals surface area contributed by atoms with Gasteiger partial charge < -0.3 is 11.1 Å². The number of amides is 2. The topological polar surface area (TPSA) is 85.8 Å². The summed E-state index contributed by atoms with van der Waals surface area (Å²) in [5, 5.41) is 2.51. The number of rotatable bonds is 3. The van der Waals surface area contributed by atoms with E-state index in [1.54, 1.807) is 18.3 Å². The van der Waals surface area contributed by atoms with Gasteiger partial charge in [0.1, 0.15) is 12.1 Å². The van der Waals surface area contributed by atoms with E-state index in [2.05, 4.69) is 15.3 Å². The third-order valence-electron chi connectivity index (χ3n) is 3.70. The van der Waals surface area contributed by atoms with Crippen LogP contribution < -0.4 is 11.1 Å². The molecule has 3 rings (SSSR count). The van der Waals surface area contributed by atoms with Gasteiger partial charge in [-0.05, 0) is 36.8 Å². The first-order valence-electron chi connectivity index (χ1n) is 7.49. The Balaban J connectivity index is 1.86. The van der Waals surface area contributed by atoms with Crippen molar-refractivity contribution in [2.45, 2.75) is 13.1 Å². The molecule has 0 aliphatic rings. The summed E-state index contributed by atoms with van der Waals surface area (Å²) in [6.45, 7) is 1.81. The van der Waals surface area contributed by atoms with Gasteiger partial charge in [-0.3, -0.25) is 4.57 Å². The molecule has 134 valence electrons. The molecule has 0 unspecified atom stereocenters. The first kappa shape index (κ1) is 17.5. The number of nitrogens with one attached hydrogen (secondary N) is 1. The molecule has 0 spiro atoms. The van der Waals surface area contributed by atoms with Crippen LogP contribution in [-0.4, -0.2) is 20.6 Å². The van der Waals surface area contributed by atoms with Crippen molar-refractivity contribution in [3.63, 3.8) is 0 Å². The maximum Gasteiger partial charge on any atom is 0.417 e. The Morgan fingerprint density at radius 2 is 1.96 bits per heavy atom. The minimum atomic E-state index is -4.43. The number of pyridine rings is 1. The number of nitrogens with zero attached hydrogens (tertiary/aromatic N) is 3. The summed E-state index contributed by atoms with van der Waals surface area (Å²) in [5.41, 5.74) is 7.07. The second-order valence-electron chi connectivity index (χ2n) is 5.59. The number of halogens is 3. The number of urea groups is 1. The van der Waals surface area contributed by atoms with Crippen molar-refractivity contribution in [1.82, 2.24) is 14.5 Å². The van der Waals surface area contributed by atoms with Crippen LogP contribution in [-0.2, 0) is 6.18 Å². The molecule has 0 bridgehead atoms. The summed E-state index contributed by atoms with van der Waals surface area (Å²) in [5.74, 6) is 0.320. The van der Waals surface area contributed by atoms with E-state index in [4.69, 9.17) is 5.73 Å². The lowest BCUT2D eigenvalue weighted by Crippen LogP contribution is -2.19. The average molecular weight is 361 g/mol. The monoisotopic (exact) mass is 361 g/mol. The fourth-order valence-corrected chi connectivity index (χ4v) is 2.40. The SMILES string of the molecule is Cc1cc(-c2cn(-c3ccc(C(F)(F)F)cn3)cn2)ccc1NC(N)=O. The quantitative estimate of drug-likeness (QED) is 0.745. The second kappa shape index (κ2) is 6.51. The predicted octanol–water partition coefficient (Wildman–Crippen LogP) is 3.75. The largest absolute Gasteiger partial charge is 0.417 e. The van der Waals surface area contributed by atoms with Gasteiger partial charge in [0, 0.05) is 23.6 Å². The Bertz CT molecular complexity index is 948. The number of nitrogens with two attached hydrogens (primary N) is 1. The van der Waals surface area contributed by atoms with Crippen LogP contribution in [0.4, 0.5) is 23.7 Å². The molecule has 3 aromatic rings. The van der Waals surface area contributed by atoms with Crippen molar-refractivity contribution in [1.29, 1.82) is 0 Å². The number of hydrogen-bond acceptors (Lipinski definition) is 3. The third-order valence-corrected chi connectivity index (χ3v) is 3.70. The molecule has 0 aliphatic carbocycles. The minimum Gasteiger partial charge on any atom is -0.351 e. The highest BCUT2D eigenvalue weighted by Gasteiger charge is 2.30. The number of aryl methyl sites for hydroxylation is 1. The molecule has 9 heteroatoms. The lowest BCUT2D eigenvalue weighted by Gasteiger charge is -2.08. The molecule has 3 N–H and O–H groups in total. The number of aromatic nitrogens is 3. The van der Waals surface area contributed by atoms with Crippen molar-refractivity contribution < 1.29 is 18.0 Å². The first-order valence-corrected chi connectivity index (χ1v) is 7.49. The molecule has 0 aliphatic heterocycles. The maximum atomic E-state index is 12.6. The lowest BCUT2D eigenvalue weighted by molar-refractivity contribution is -0.137. The van der Waals surface area contributed by atoms with Crippen LogP contribution in [0.15, 0.2) is 49.1 Å². The fraction of sp³-hybridized carbons (Fsp3) is 0.118. The normalized spacial score (nSPS) is 11.4. The zero-order chi connectivity index (χ0) is 18.9. The predicted molar refractivity (Wildman–Crippen MR) is 89.7 cm³/mol. The molecule has 2 heterocycles. The second-order valence-corrected chi connectivity index (χ2v) is 5.59. The Kier molecular flexibility index (Phi) is 4.37. The molecular formula is C17H14F3N5O. The molecule has 6 nitrogen and oxygen atoms in total. The van der Waals surface area contributed by atoms with Gasteiger partial charge in [0.05, 0.1) is 11.3 Å². The number of hydrogen-bond donors (Lipinski definition) is 2. The molecule has 0 saturated carbocycles. The zero-order valence-electron chi connectivity index (χ0n) is 13.6. The summed E-state index contributed by atoms with van der Waals surface area (Å²) in [6, 6.07) is 6.86. The lowest BCUT2D eigenvalue weighted by atomic mass is 10.1. The highest BCUT2D eigenvalue weighted by Crippen LogP contribution is 2.29. The molecule has 2 amide bonds. The number of anilines is 1. The van der Waals surface area contributed by atoms with Crippen LogP contribution in [0.2, 0.25) is 0 Å². The van der Waals surface area contributed by atoms with E-state index < -0.39 is 17.8 Å². The van der Waals surface area contributed by atoms with Crippen LogP contribution in [0.3, 0.4) is 0 Å². The van der Waals surface area contributed by atoms with Gasteiger partial charge in [0.25, 0.3) is 0 Å². The van der Waals surface area contributed by atoms with Crippen molar-refractivity contribution in [3.05, 3.63) is 60.2 Å². The van der Waals surface area contributed by atoms with Gasteiger partial charge in [-0.1, -0.05) is 6.07 Å². The highest BCUT2D eigenvalue weighted by atomic mass is 19.4. The Hall–Kier alpha value is -3.36. The molecule has 0 atom stereocenters. The number of carbonyl (C=O) groups is 1. The van der Waals surface area contributed by atoms with Crippen molar-refractivity contribution in [3.8, 4) is 17.1 Å². The smallest absolute Gasteiger partial charge is 0.351 e. The Morgan fingerprint density at radius 1 is 1.19 bits per heavy atom. The number of primary amides is 1. The summed E-state index contributed by atoms with van der Waals surface area (Å²) in [7, 11) is 0. The third kappa shape index (κ3) is 3.66. The molecule has 1 aromatic carbocycles. The summed E-state index contributed by atoms with van der Waals surface area (Å²) in [4.78, 5) is 19.0. The fourth-order valence-electron chi connectivity index (χ4n) is 2.40. The van der Waals surface area contributed by atoms with Crippen LogP contribution in [0.1, 0.15) is 11.1 Å². The summed E-state index contributed by atoms with van der Waals surface area (Å²) >= 11 is 0. The van der Waals surface area contributed by atoms with Gasteiger partial charge in [-0.25, -0.2) is 14.8 Å². The average Bonchev–Trinajstić information content (AvgIpc) is 3.06. The van der Waals surface area contributed by atoms with E-state index in [1.165, 1.54) is 17.0 Å². The van der Waals surface area contributed by atoms with Gasteiger partial charge in [-0.15, -0.1) is 0 Å². The summed E-state index contributed by atoms with van der Waals surface area (Å²) < 4.78 is 39.3. The standard InChI is InChI=1S/C17H14F3N5O/c1-10-6-11(2-4-13(10)24-16(21)26)14-8-25(9-23-14)15-5-3-12(7-22-15)17(18,19)20/h2-9H,1H3,(H3,21,24,26). The Morgan fingerprint density at radius 3 is 2.54 bits per heavy atom. The van der Waals surface area contributed by atoms with E-state index in [-0.39, 0.29) is 0 Å². The highest BCUT2D eigenvalue weighted by molar-refractivity contribution is 5.89. The van der Waals surface area contributed by atoms with Crippen molar-refractivity contribution in [2.75, 3.05) is 5.32 Å². The van der Waals surface area contributed by atoms with Gasteiger partial charge in [0.15, 0.2) is 0 Å². The van der Waals surface area contributed by atoms with Crippen LogP contribution in [0.25, 0.3) is 17.1 Å². The number of alkyl halides is 3. The number of benzene rings is 1. The number of carbonyl (C=O) groups excluding carboxylic acids is 1. The molecule has 0 fully saturated rings. The van der Waals surface area contributed by atoms with Gasteiger partial charge >= 0.3 is 12.2 Å². The van der Waals surface area contributed by atoms with Gasteiger partial charge in [-0.2, -0.15) is 13.2 Å². The van der Waals surface area contributed by atoms with E-state index >= 15 is 0 Å². The van der Waals surface area contributed by atoms with E-state index in [0.717, 1.165) is 23.4 Å². The molecule has 2 aromatic heterocycles. The van der Waals surface area contributed by atoms with E-state index in [0.29, 0.717) is 17.2 Å². The van der Waals surface area contributed by atoms with Crippen LogP contribution in [0, 0.1) is 6.92 Å². The summed E-state index contributed by atoms with van der Waals surface area (Å²) in [6.07, 6.45) is -0.519. The molecule has 26 heavy (non-hydrogen) atoms. The van der Waals surface area contributed by atoms with Crippen LogP contribution in [0.5, 0.6) is 0 Å². The maximum absolute atomic E-state index is 12.6. The van der Waals surface area contributed by atoms with E-state index in [9.17, 15) is 18.0 Å². The Labute approximate surface area is 146 Å². The van der Waals surface area contributed by atoms with Crippen LogP contribution >= 0.6 is 0 Å².